The summed E-state index contributed by atoms with van der Waals surface area (Å²) in [7, 11) is 0. The van der Waals surface area contributed by atoms with Gasteiger partial charge in [0.25, 0.3) is 0 Å². The summed E-state index contributed by atoms with van der Waals surface area (Å²) < 4.78 is 5.48. The third-order valence-electron chi connectivity index (χ3n) is 6.23. The fraction of sp³-hybridized carbons (Fsp3) is 0.708. The lowest BCUT2D eigenvalue weighted by Gasteiger charge is -2.27. The van der Waals surface area contributed by atoms with Crippen LogP contribution in [0.1, 0.15) is 77.3 Å². The van der Waals surface area contributed by atoms with E-state index in [0.29, 0.717) is 18.0 Å². The van der Waals surface area contributed by atoms with Crippen LogP contribution < -0.4 is 5.32 Å². The first kappa shape index (κ1) is 21.2. The van der Waals surface area contributed by atoms with E-state index in [1.807, 2.05) is 32.6 Å². The van der Waals surface area contributed by atoms with E-state index < -0.39 is 5.60 Å². The molecule has 1 saturated carbocycles. The Morgan fingerprint density at radius 2 is 2.04 bits per heavy atom. The Morgan fingerprint density at radius 1 is 1.25 bits per heavy atom. The van der Waals surface area contributed by atoms with Gasteiger partial charge in [0.1, 0.15) is 5.60 Å². The summed E-state index contributed by atoms with van der Waals surface area (Å²) >= 11 is 0. The molecule has 156 valence electrons. The molecule has 1 aromatic rings. The maximum Gasteiger partial charge on any atom is 0.410 e. The van der Waals surface area contributed by atoms with Crippen molar-refractivity contribution in [1.29, 1.82) is 0 Å². The van der Waals surface area contributed by atoms with Crippen LogP contribution in [0.5, 0.6) is 0 Å². The van der Waals surface area contributed by atoms with E-state index >= 15 is 0 Å². The van der Waals surface area contributed by atoms with Gasteiger partial charge >= 0.3 is 6.09 Å². The summed E-state index contributed by atoms with van der Waals surface area (Å²) in [6.07, 6.45) is 8.36. The number of nitrogens with zero attached hydrogens (tertiary/aromatic N) is 1. The zero-order valence-electron chi connectivity index (χ0n) is 18.2. The quantitative estimate of drug-likeness (QED) is 0.636. The third kappa shape index (κ3) is 5.08. The molecule has 1 N–H and O–H groups in total. The number of benzene rings is 1. The molecule has 4 nitrogen and oxygen atoms in total. The van der Waals surface area contributed by atoms with Crippen LogP contribution in [0.3, 0.4) is 0 Å². The Hall–Kier alpha value is -1.55. The zero-order chi connectivity index (χ0) is 20.2. The van der Waals surface area contributed by atoms with Crippen LogP contribution in [-0.4, -0.2) is 42.3 Å². The smallest absolute Gasteiger partial charge is 0.410 e. The number of rotatable bonds is 8. The Kier molecular flexibility index (Phi) is 6.69. The minimum atomic E-state index is -0.424. The first-order valence-corrected chi connectivity index (χ1v) is 11.2. The lowest BCUT2D eigenvalue weighted by atomic mass is 9.79. The average Bonchev–Trinajstić information content (AvgIpc) is 3.33. The van der Waals surface area contributed by atoms with Gasteiger partial charge < -0.3 is 15.0 Å². The summed E-state index contributed by atoms with van der Waals surface area (Å²) in [5.74, 6) is 0. The molecule has 1 aromatic carbocycles. The molecule has 28 heavy (non-hydrogen) atoms. The van der Waals surface area contributed by atoms with E-state index in [1.165, 1.54) is 32.1 Å². The van der Waals surface area contributed by atoms with Crippen LogP contribution in [0.15, 0.2) is 24.3 Å². The van der Waals surface area contributed by atoms with Crippen LogP contribution in [0, 0.1) is 0 Å². The van der Waals surface area contributed by atoms with Gasteiger partial charge in [-0.2, -0.15) is 0 Å². The van der Waals surface area contributed by atoms with E-state index in [1.54, 1.807) is 11.1 Å². The van der Waals surface area contributed by atoms with Gasteiger partial charge in [0.15, 0.2) is 0 Å². The standard InChI is InChI=1S/C24H38N2O2/c1-5-26(22(27)28-23(2,3)4)17-10-6-9-16-25-21-18-24(21)15-11-13-19-12-7-8-14-20(19)24/h7-8,12,14,21,25H,5-6,9-11,13,15-18H2,1-4H3. The predicted molar refractivity (Wildman–Crippen MR) is 115 cm³/mol. The number of ether oxygens (including phenoxy) is 1. The zero-order valence-corrected chi connectivity index (χ0v) is 18.2. The number of nitrogens with one attached hydrogen (secondary N) is 1. The number of unbranched alkanes of at least 4 members (excludes halogenated alkanes) is 2. The van der Waals surface area contributed by atoms with Crippen LogP contribution in [0.2, 0.25) is 0 Å². The number of amides is 1. The van der Waals surface area contributed by atoms with Gasteiger partial charge in [-0.15, -0.1) is 0 Å². The fourth-order valence-corrected chi connectivity index (χ4v) is 4.69. The Bertz CT molecular complexity index is 667. The maximum absolute atomic E-state index is 12.2. The highest BCUT2D eigenvalue weighted by molar-refractivity contribution is 5.68. The van der Waals surface area contributed by atoms with Gasteiger partial charge in [-0.1, -0.05) is 30.7 Å². The van der Waals surface area contributed by atoms with Crippen molar-refractivity contribution < 1.29 is 9.53 Å². The summed E-state index contributed by atoms with van der Waals surface area (Å²) in [6.45, 7) is 10.3. The second-order valence-electron chi connectivity index (χ2n) is 9.50. The van der Waals surface area contributed by atoms with Crippen molar-refractivity contribution in [1.82, 2.24) is 10.2 Å². The number of aryl methyl sites for hydroxylation is 1. The second kappa shape index (κ2) is 8.86. The molecule has 0 radical (unpaired) electrons. The fourth-order valence-electron chi connectivity index (χ4n) is 4.69. The number of carbonyl (C=O) groups is 1. The van der Waals surface area contributed by atoms with E-state index in [9.17, 15) is 4.79 Å². The van der Waals surface area contributed by atoms with E-state index in [2.05, 4.69) is 29.6 Å². The number of fused-ring (bicyclic) bond motifs is 2. The summed E-state index contributed by atoms with van der Waals surface area (Å²) in [5, 5.41) is 3.81. The SMILES string of the molecule is CCN(CCCCCNC1CC12CCCc1ccccc12)C(=O)OC(C)(C)C. The van der Waals surface area contributed by atoms with E-state index in [0.717, 1.165) is 25.9 Å². The third-order valence-corrected chi connectivity index (χ3v) is 6.23. The van der Waals surface area contributed by atoms with Gasteiger partial charge in [-0.3, -0.25) is 0 Å². The average molecular weight is 387 g/mol. The maximum atomic E-state index is 12.2. The normalized spacial score (nSPS) is 23.4. The lowest BCUT2D eigenvalue weighted by molar-refractivity contribution is 0.0257. The highest BCUT2D eigenvalue weighted by atomic mass is 16.6. The predicted octanol–water partition coefficient (Wildman–Crippen LogP) is 5.05. The van der Waals surface area contributed by atoms with E-state index in [4.69, 9.17) is 4.74 Å². The molecule has 0 aliphatic heterocycles. The van der Waals surface area contributed by atoms with Crippen LogP contribution in [0.4, 0.5) is 4.79 Å². The van der Waals surface area contributed by atoms with Gasteiger partial charge in [-0.25, -0.2) is 4.79 Å². The number of carbonyl (C=O) groups excluding carboxylic acids is 1. The number of hydrogen-bond acceptors (Lipinski definition) is 3. The summed E-state index contributed by atoms with van der Waals surface area (Å²) in [4.78, 5) is 14.0. The Balaban J connectivity index is 1.34. The summed E-state index contributed by atoms with van der Waals surface area (Å²) in [6, 6.07) is 9.70. The minimum absolute atomic E-state index is 0.191. The van der Waals surface area contributed by atoms with Crippen molar-refractivity contribution >= 4 is 6.09 Å². The molecule has 2 unspecified atom stereocenters. The molecule has 4 heteroatoms. The largest absolute Gasteiger partial charge is 0.444 e. The number of hydrogen-bond donors (Lipinski definition) is 1. The van der Waals surface area contributed by atoms with Gasteiger partial charge in [0.05, 0.1) is 0 Å². The Morgan fingerprint density at radius 3 is 2.79 bits per heavy atom. The molecular formula is C24H38N2O2. The van der Waals surface area contributed by atoms with Gasteiger partial charge in [0, 0.05) is 24.5 Å². The van der Waals surface area contributed by atoms with Crippen LogP contribution in [0.25, 0.3) is 0 Å². The first-order chi connectivity index (χ1) is 13.4. The van der Waals surface area contributed by atoms with Crippen LogP contribution in [-0.2, 0) is 16.6 Å². The molecule has 1 fully saturated rings. The summed E-state index contributed by atoms with van der Waals surface area (Å²) in [5.41, 5.74) is 3.17. The van der Waals surface area contributed by atoms with Gasteiger partial charge in [0.2, 0.25) is 0 Å². The first-order valence-electron chi connectivity index (χ1n) is 11.2. The molecule has 0 saturated heterocycles. The van der Waals surface area contributed by atoms with Crippen molar-refractivity contribution in [3.8, 4) is 0 Å². The highest BCUT2D eigenvalue weighted by Crippen LogP contribution is 2.55. The molecule has 0 aromatic heterocycles. The Labute approximate surface area is 171 Å². The molecule has 2 aliphatic carbocycles. The molecule has 0 bridgehead atoms. The van der Waals surface area contributed by atoms with Crippen molar-refractivity contribution in [3.63, 3.8) is 0 Å². The van der Waals surface area contributed by atoms with Crippen molar-refractivity contribution in [2.45, 2.75) is 89.7 Å². The topological polar surface area (TPSA) is 41.6 Å². The monoisotopic (exact) mass is 386 g/mol. The molecule has 2 aliphatic rings. The molecule has 2 atom stereocenters. The van der Waals surface area contributed by atoms with Gasteiger partial charge in [-0.05, 0) is 83.9 Å². The molecular weight excluding hydrogens is 348 g/mol. The van der Waals surface area contributed by atoms with Crippen molar-refractivity contribution in [2.75, 3.05) is 19.6 Å². The van der Waals surface area contributed by atoms with Crippen LogP contribution >= 0.6 is 0 Å². The molecule has 1 spiro atoms. The molecule has 1 amide bonds. The van der Waals surface area contributed by atoms with E-state index in [-0.39, 0.29) is 6.09 Å². The highest BCUT2D eigenvalue weighted by Gasteiger charge is 2.56. The minimum Gasteiger partial charge on any atom is -0.444 e. The van der Waals surface area contributed by atoms with Crippen molar-refractivity contribution in [3.05, 3.63) is 35.4 Å². The molecule has 0 heterocycles. The molecule has 3 rings (SSSR count). The van der Waals surface area contributed by atoms with Crippen molar-refractivity contribution in [2.24, 2.45) is 0 Å². The second-order valence-corrected chi connectivity index (χ2v) is 9.50. The lowest BCUT2D eigenvalue weighted by Crippen LogP contribution is -2.37.